The predicted octanol–water partition coefficient (Wildman–Crippen LogP) is 4.43. The number of Topliss-reactive ketones (excluding diaryl/α,β-unsaturated/α-hetero) is 1. The lowest BCUT2D eigenvalue weighted by Crippen LogP contribution is -2.06. The van der Waals surface area contributed by atoms with Crippen molar-refractivity contribution in [2.45, 2.75) is 38.5 Å². The van der Waals surface area contributed by atoms with Gasteiger partial charge < -0.3 is 4.57 Å². The van der Waals surface area contributed by atoms with Crippen LogP contribution in [0.25, 0.3) is 0 Å². The summed E-state index contributed by atoms with van der Waals surface area (Å²) in [5, 5.41) is 9.10. The number of rotatable bonds is 6. The molecule has 118 valence electrons. The summed E-state index contributed by atoms with van der Waals surface area (Å²) in [5.74, 6) is 1.33. The third-order valence-electron chi connectivity index (χ3n) is 4.33. The topological polar surface area (TPSA) is 45.8 Å². The Morgan fingerprint density at radius 3 is 2.78 bits per heavy atom. The molecule has 23 heavy (non-hydrogen) atoms. The van der Waals surface area contributed by atoms with Gasteiger partial charge >= 0.3 is 0 Å². The minimum atomic E-state index is 0.185. The van der Waals surface area contributed by atoms with E-state index in [0.717, 1.165) is 16.8 Å². The van der Waals surface area contributed by atoms with E-state index in [2.05, 4.69) is 17.6 Å². The van der Waals surface area contributed by atoms with Crippen molar-refractivity contribution in [3.63, 3.8) is 0 Å². The summed E-state index contributed by atoms with van der Waals surface area (Å²) in [4.78, 5) is 12.5. The molecule has 1 saturated carbocycles. The molecule has 0 aliphatic heterocycles. The van der Waals surface area contributed by atoms with Gasteiger partial charge in [-0.05, 0) is 44.4 Å². The molecule has 1 aliphatic rings. The normalized spacial score (nSPS) is 13.8. The van der Waals surface area contributed by atoms with Crippen LogP contribution in [0.4, 0.5) is 0 Å². The van der Waals surface area contributed by atoms with Gasteiger partial charge in [0, 0.05) is 28.7 Å². The summed E-state index contributed by atoms with van der Waals surface area (Å²) >= 11 is 1.58. The van der Waals surface area contributed by atoms with Gasteiger partial charge in [0.2, 0.25) is 0 Å². The molecule has 2 aromatic rings. The maximum Gasteiger partial charge on any atom is 0.174 e. The fourth-order valence-electron chi connectivity index (χ4n) is 3.04. The summed E-state index contributed by atoms with van der Waals surface area (Å²) in [6.45, 7) is 4.13. The Bertz CT molecular complexity index is 781. The molecule has 3 nitrogen and oxygen atoms in total. The van der Waals surface area contributed by atoms with Gasteiger partial charge in [0.15, 0.2) is 5.78 Å². The number of aromatic nitrogens is 1. The summed E-state index contributed by atoms with van der Waals surface area (Å²) in [6, 6.07) is 12.4. The van der Waals surface area contributed by atoms with Crippen molar-refractivity contribution in [2.75, 3.05) is 5.75 Å². The number of ketones is 1. The zero-order chi connectivity index (χ0) is 16.4. The molecular formula is C19H20N2OS. The molecule has 0 amide bonds. The SMILES string of the molecule is Cc1cc(C(=O)CSCc2ccccc2C#N)c(C)n1C1CC1. The fraction of sp³-hybridized carbons (Fsp3) is 0.368. The van der Waals surface area contributed by atoms with Gasteiger partial charge in [-0.15, -0.1) is 11.8 Å². The van der Waals surface area contributed by atoms with Gasteiger partial charge in [-0.1, -0.05) is 18.2 Å². The van der Waals surface area contributed by atoms with Crippen LogP contribution in [-0.4, -0.2) is 16.1 Å². The van der Waals surface area contributed by atoms with Crippen LogP contribution in [0.15, 0.2) is 30.3 Å². The maximum absolute atomic E-state index is 12.5. The molecule has 0 bridgehead atoms. The number of nitriles is 1. The first-order valence-corrected chi connectivity index (χ1v) is 9.04. The molecule has 1 aliphatic carbocycles. The van der Waals surface area contributed by atoms with Crippen LogP contribution < -0.4 is 0 Å². The number of nitrogens with zero attached hydrogens (tertiary/aromatic N) is 2. The number of aryl methyl sites for hydroxylation is 1. The molecule has 1 aromatic carbocycles. The van der Waals surface area contributed by atoms with E-state index >= 15 is 0 Å². The lowest BCUT2D eigenvalue weighted by molar-refractivity contribution is 0.102. The minimum Gasteiger partial charge on any atom is -0.345 e. The molecule has 4 heteroatoms. The van der Waals surface area contributed by atoms with E-state index in [1.165, 1.54) is 18.5 Å². The average Bonchev–Trinajstić information content (AvgIpc) is 3.33. The Morgan fingerprint density at radius 2 is 2.09 bits per heavy atom. The van der Waals surface area contributed by atoms with Gasteiger partial charge in [0.25, 0.3) is 0 Å². The number of hydrogen-bond acceptors (Lipinski definition) is 3. The summed E-state index contributed by atoms with van der Waals surface area (Å²) in [6.07, 6.45) is 2.45. The fourth-order valence-corrected chi connectivity index (χ4v) is 3.96. The second-order valence-corrected chi connectivity index (χ2v) is 7.06. The van der Waals surface area contributed by atoms with Gasteiger partial charge in [0.05, 0.1) is 17.4 Å². The molecule has 1 aromatic heterocycles. The van der Waals surface area contributed by atoms with Gasteiger partial charge in [-0.2, -0.15) is 5.26 Å². The van der Waals surface area contributed by atoms with E-state index in [4.69, 9.17) is 5.26 Å². The summed E-state index contributed by atoms with van der Waals surface area (Å²) < 4.78 is 2.31. The Kier molecular flexibility index (Phi) is 4.58. The van der Waals surface area contributed by atoms with E-state index in [0.29, 0.717) is 23.1 Å². The van der Waals surface area contributed by atoms with Crippen molar-refractivity contribution in [1.82, 2.24) is 4.57 Å². The number of thioether (sulfide) groups is 1. The van der Waals surface area contributed by atoms with E-state index in [-0.39, 0.29) is 5.78 Å². The lowest BCUT2D eigenvalue weighted by atomic mass is 10.1. The van der Waals surface area contributed by atoms with Crippen LogP contribution in [0.5, 0.6) is 0 Å². The number of carbonyl (C=O) groups is 1. The number of carbonyl (C=O) groups excluding carboxylic acids is 1. The quantitative estimate of drug-likeness (QED) is 0.739. The van der Waals surface area contributed by atoms with E-state index in [1.807, 2.05) is 37.3 Å². The van der Waals surface area contributed by atoms with E-state index in [1.54, 1.807) is 11.8 Å². The van der Waals surface area contributed by atoms with Crippen LogP contribution in [0, 0.1) is 25.2 Å². The van der Waals surface area contributed by atoms with E-state index in [9.17, 15) is 4.79 Å². The van der Waals surface area contributed by atoms with Gasteiger partial charge in [0.1, 0.15) is 0 Å². The molecule has 1 fully saturated rings. The van der Waals surface area contributed by atoms with Crippen LogP contribution in [-0.2, 0) is 5.75 Å². The first-order valence-electron chi connectivity index (χ1n) is 7.89. The molecular weight excluding hydrogens is 304 g/mol. The highest BCUT2D eigenvalue weighted by molar-refractivity contribution is 7.99. The molecule has 0 N–H and O–H groups in total. The molecule has 0 unspecified atom stereocenters. The highest BCUT2D eigenvalue weighted by atomic mass is 32.2. The Balaban J connectivity index is 1.64. The molecule has 3 rings (SSSR count). The van der Waals surface area contributed by atoms with Crippen molar-refractivity contribution >= 4 is 17.5 Å². The molecule has 0 saturated heterocycles. The van der Waals surface area contributed by atoms with Crippen LogP contribution >= 0.6 is 11.8 Å². The van der Waals surface area contributed by atoms with Crippen molar-refractivity contribution in [3.05, 3.63) is 58.4 Å². The van der Waals surface area contributed by atoms with Gasteiger partial charge in [-0.3, -0.25) is 4.79 Å². The summed E-state index contributed by atoms with van der Waals surface area (Å²) in [7, 11) is 0. The number of hydrogen-bond donors (Lipinski definition) is 0. The third kappa shape index (κ3) is 3.35. The van der Waals surface area contributed by atoms with E-state index < -0.39 is 0 Å². The monoisotopic (exact) mass is 324 g/mol. The molecule has 0 radical (unpaired) electrons. The second kappa shape index (κ2) is 6.64. The first-order chi connectivity index (χ1) is 11.1. The van der Waals surface area contributed by atoms with Crippen LogP contribution in [0.2, 0.25) is 0 Å². The third-order valence-corrected chi connectivity index (χ3v) is 5.31. The number of benzene rings is 1. The predicted molar refractivity (Wildman–Crippen MR) is 93.8 cm³/mol. The van der Waals surface area contributed by atoms with Crippen molar-refractivity contribution in [1.29, 1.82) is 5.26 Å². The summed E-state index contributed by atoms with van der Waals surface area (Å²) in [5.41, 5.74) is 4.84. The Labute approximate surface area is 141 Å². The highest BCUT2D eigenvalue weighted by Crippen LogP contribution is 2.38. The highest BCUT2D eigenvalue weighted by Gasteiger charge is 2.28. The largest absolute Gasteiger partial charge is 0.345 e. The standard InChI is InChI=1S/C19H20N2OS/c1-13-9-18(14(2)21(13)17-7-8-17)19(22)12-23-11-16-6-4-3-5-15(16)10-20/h3-6,9,17H,7-8,11-12H2,1-2H3. The molecule has 0 spiro atoms. The smallest absolute Gasteiger partial charge is 0.174 e. The minimum absolute atomic E-state index is 0.185. The van der Waals surface area contributed by atoms with Crippen molar-refractivity contribution in [3.8, 4) is 6.07 Å². The van der Waals surface area contributed by atoms with Crippen LogP contribution in [0.3, 0.4) is 0 Å². The van der Waals surface area contributed by atoms with Crippen molar-refractivity contribution < 1.29 is 4.79 Å². The zero-order valence-corrected chi connectivity index (χ0v) is 14.3. The molecule has 1 heterocycles. The average molecular weight is 324 g/mol. The molecule has 0 atom stereocenters. The Hall–Kier alpha value is -1.99. The lowest BCUT2D eigenvalue weighted by Gasteiger charge is -2.07. The van der Waals surface area contributed by atoms with Gasteiger partial charge in [-0.25, -0.2) is 0 Å². The first kappa shape index (κ1) is 15.9. The second-order valence-electron chi connectivity index (χ2n) is 6.07. The Morgan fingerprint density at radius 1 is 1.35 bits per heavy atom. The zero-order valence-electron chi connectivity index (χ0n) is 13.5. The maximum atomic E-state index is 12.5. The van der Waals surface area contributed by atoms with Crippen molar-refractivity contribution in [2.24, 2.45) is 0 Å². The van der Waals surface area contributed by atoms with Crippen LogP contribution in [0.1, 0.15) is 51.8 Å².